The third-order valence-corrected chi connectivity index (χ3v) is 0.302. The van der Waals surface area contributed by atoms with Gasteiger partial charge in [-0.05, 0) is 0 Å². The van der Waals surface area contributed by atoms with Crippen LogP contribution in [0, 0.1) is 11.3 Å². The molecule has 0 amide bonds. The summed E-state index contributed by atoms with van der Waals surface area (Å²) >= 11 is 0.166. The van der Waals surface area contributed by atoms with Gasteiger partial charge in [-0.15, -0.1) is 0 Å². The minimum atomic E-state index is 0.166. The van der Waals surface area contributed by atoms with Crippen LogP contribution < -0.4 is 0 Å². The Bertz CT molecular complexity index is 96.7. The van der Waals surface area contributed by atoms with Crippen molar-refractivity contribution in [2.75, 3.05) is 0 Å². The molecule has 0 heterocycles. The molecule has 0 aliphatic heterocycles. The Kier molecular flexibility index (Phi) is 2.96. The van der Waals surface area contributed by atoms with Crippen LogP contribution in [0.3, 0.4) is 0 Å². The van der Waals surface area contributed by atoms with Gasteiger partial charge < -0.3 is 0 Å². The summed E-state index contributed by atoms with van der Waals surface area (Å²) in [7, 11) is 0. The maximum absolute atomic E-state index is 9.17. The van der Waals surface area contributed by atoms with Crippen molar-refractivity contribution < 1.29 is 4.21 Å². The van der Waals surface area contributed by atoms with Gasteiger partial charge in [-0.2, -0.15) is 5.26 Å². The van der Waals surface area contributed by atoms with E-state index in [4.69, 9.17) is 9.47 Å². The Labute approximate surface area is 33.1 Å². The summed E-state index contributed by atoms with van der Waals surface area (Å²) in [6, 6.07) is 1.54. The highest BCUT2D eigenvalue weighted by Crippen LogP contribution is 1.26. The van der Waals surface area contributed by atoms with Gasteiger partial charge in [0.1, 0.15) is 11.4 Å². The fraction of sp³-hybridized carbons (Fsp3) is 0. The highest BCUT2D eigenvalue weighted by atomic mass is 32.1. The lowest BCUT2D eigenvalue weighted by atomic mass is 10.9. The molecular formula is C2HNOS. The molecule has 0 aromatic heterocycles. The molecule has 0 N–H and O–H groups in total. The number of rotatable bonds is 0. The van der Waals surface area contributed by atoms with Gasteiger partial charge in [0.2, 0.25) is 0 Å². The first-order valence-corrected chi connectivity index (χ1v) is 1.72. The molecule has 0 atom stereocenters. The van der Waals surface area contributed by atoms with Gasteiger partial charge in [0.25, 0.3) is 0 Å². The molecule has 0 spiro atoms. The summed E-state index contributed by atoms with van der Waals surface area (Å²) in [5, 5.41) is 8.46. The number of hydrogen-bond acceptors (Lipinski definition) is 2. The average molecular weight is 87.1 g/mol. The highest BCUT2D eigenvalue weighted by Gasteiger charge is 1.46. The first-order valence-electron chi connectivity index (χ1n) is 0.915. The van der Waals surface area contributed by atoms with Crippen LogP contribution in [0.5, 0.6) is 0 Å². The van der Waals surface area contributed by atoms with Crippen molar-refractivity contribution in [2.45, 2.75) is 0 Å². The van der Waals surface area contributed by atoms with Crippen LogP contribution in [0.2, 0.25) is 0 Å². The van der Waals surface area contributed by atoms with Crippen molar-refractivity contribution in [3.63, 3.8) is 0 Å². The van der Waals surface area contributed by atoms with Gasteiger partial charge in [-0.3, -0.25) is 0 Å². The Morgan fingerprint density at radius 3 is 2.60 bits per heavy atom. The lowest BCUT2D eigenvalue weighted by Gasteiger charge is -1.31. The maximum Gasteiger partial charge on any atom is 0.109 e. The Morgan fingerprint density at radius 2 is 2.60 bits per heavy atom. The molecule has 3 heteroatoms. The minimum absolute atomic E-state index is 0.166. The number of hydrogen-bond donors (Lipinski definition) is 0. The second-order valence-corrected chi connectivity index (χ2v) is 0.771. The van der Waals surface area contributed by atoms with Crippen LogP contribution in [0.25, 0.3) is 0 Å². The van der Waals surface area contributed by atoms with Gasteiger partial charge in [0.05, 0.1) is 11.3 Å². The highest BCUT2D eigenvalue weighted by molar-refractivity contribution is 7.65. The summed E-state index contributed by atoms with van der Waals surface area (Å²) in [5.41, 5.74) is 0. The van der Waals surface area contributed by atoms with Crippen LogP contribution in [0.15, 0.2) is 0 Å². The van der Waals surface area contributed by atoms with Gasteiger partial charge in [-0.1, -0.05) is 0 Å². The van der Waals surface area contributed by atoms with Crippen LogP contribution in [-0.2, 0) is 11.3 Å². The van der Waals surface area contributed by atoms with Crippen LogP contribution in [0.4, 0.5) is 0 Å². The second-order valence-electron chi connectivity index (χ2n) is 0.343. The zero-order valence-corrected chi connectivity index (χ0v) is 3.16. The van der Waals surface area contributed by atoms with E-state index in [0.717, 1.165) is 5.37 Å². The van der Waals surface area contributed by atoms with Crippen LogP contribution in [0.1, 0.15) is 0 Å². The van der Waals surface area contributed by atoms with Crippen molar-refractivity contribution in [1.82, 2.24) is 0 Å². The third-order valence-electron chi connectivity index (χ3n) is 0.101. The van der Waals surface area contributed by atoms with E-state index in [1.54, 1.807) is 6.07 Å². The standard InChI is InChI=1S/C2HNOS/c3-1-2-5-4/h2H. The normalized spacial score (nSPS) is 4.60. The molecule has 2 nitrogen and oxygen atoms in total. The second kappa shape index (κ2) is 3.38. The molecule has 0 radical (unpaired) electrons. The first kappa shape index (κ1) is 4.38. The SMILES string of the molecule is N#CC=S=O. The van der Waals surface area contributed by atoms with E-state index in [2.05, 4.69) is 0 Å². The lowest BCUT2D eigenvalue weighted by molar-refractivity contribution is 0.701. The van der Waals surface area contributed by atoms with Crippen molar-refractivity contribution in [1.29, 1.82) is 5.26 Å². The quantitative estimate of drug-likeness (QED) is 0.374. The van der Waals surface area contributed by atoms with Crippen LogP contribution >= 0.6 is 0 Å². The molecule has 0 unspecified atom stereocenters. The molecule has 0 bridgehead atoms. The molecule has 0 aliphatic carbocycles. The summed E-state index contributed by atoms with van der Waals surface area (Å²) in [5.74, 6) is 0. The Hall–Kier alpha value is -0.620. The van der Waals surface area contributed by atoms with E-state index in [-0.39, 0.29) is 11.3 Å². The van der Waals surface area contributed by atoms with Gasteiger partial charge in [0.15, 0.2) is 0 Å². The van der Waals surface area contributed by atoms with Crippen molar-refractivity contribution >= 4 is 16.6 Å². The molecule has 0 fully saturated rings. The molecule has 0 aromatic rings. The average Bonchev–Trinajstić information content (AvgIpc) is 1.41. The fourth-order valence-corrected chi connectivity index (χ4v) is 0.0645. The summed E-state index contributed by atoms with van der Waals surface area (Å²) < 4.78 is 9.17. The summed E-state index contributed by atoms with van der Waals surface area (Å²) in [6.07, 6.45) is 0. The topological polar surface area (TPSA) is 40.9 Å². The van der Waals surface area contributed by atoms with Crippen molar-refractivity contribution in [3.05, 3.63) is 0 Å². The first-order chi connectivity index (χ1) is 2.41. The minimum Gasteiger partial charge on any atom is -0.212 e. The molecule has 5 heavy (non-hydrogen) atoms. The molecule has 26 valence electrons. The summed E-state index contributed by atoms with van der Waals surface area (Å²) in [6.45, 7) is 0. The molecule has 0 rings (SSSR count). The monoisotopic (exact) mass is 87.0 g/mol. The molecule has 0 saturated carbocycles. The predicted molar refractivity (Wildman–Crippen MR) is 19.8 cm³/mol. The van der Waals surface area contributed by atoms with E-state index >= 15 is 0 Å². The lowest BCUT2D eigenvalue weighted by Crippen LogP contribution is -1.51. The van der Waals surface area contributed by atoms with Gasteiger partial charge >= 0.3 is 0 Å². The molecule has 0 aromatic carbocycles. The van der Waals surface area contributed by atoms with Gasteiger partial charge in [0, 0.05) is 0 Å². The zero-order valence-electron chi connectivity index (χ0n) is 2.34. The van der Waals surface area contributed by atoms with E-state index in [1.807, 2.05) is 0 Å². The van der Waals surface area contributed by atoms with Crippen molar-refractivity contribution in [3.8, 4) is 6.07 Å². The predicted octanol–water partition coefficient (Wildman–Crippen LogP) is -0.475. The van der Waals surface area contributed by atoms with E-state index in [1.165, 1.54) is 0 Å². The van der Waals surface area contributed by atoms with E-state index in [0.29, 0.717) is 0 Å². The molecular weight excluding hydrogens is 86.1 g/mol. The number of nitriles is 1. The smallest absolute Gasteiger partial charge is 0.109 e. The van der Waals surface area contributed by atoms with Gasteiger partial charge in [-0.25, -0.2) is 4.21 Å². The van der Waals surface area contributed by atoms with Crippen LogP contribution in [-0.4, -0.2) is 9.58 Å². The largest absolute Gasteiger partial charge is 0.212 e. The van der Waals surface area contributed by atoms with E-state index in [9.17, 15) is 0 Å². The number of nitrogens with zero attached hydrogens (tertiary/aromatic N) is 1. The van der Waals surface area contributed by atoms with Crippen molar-refractivity contribution in [2.24, 2.45) is 0 Å². The maximum atomic E-state index is 9.17. The molecule has 0 aliphatic rings. The molecule has 0 saturated heterocycles. The van der Waals surface area contributed by atoms with E-state index < -0.39 is 0 Å². The Balaban J connectivity index is 3.46. The Morgan fingerprint density at radius 1 is 2.00 bits per heavy atom. The summed E-state index contributed by atoms with van der Waals surface area (Å²) in [4.78, 5) is 0. The zero-order chi connectivity index (χ0) is 4.12. The fourth-order valence-electron chi connectivity index (χ4n) is 0.0215. The third kappa shape index (κ3) is 3.38.